The van der Waals surface area contributed by atoms with Gasteiger partial charge in [0, 0.05) is 6.42 Å². The summed E-state index contributed by atoms with van der Waals surface area (Å²) in [4.78, 5) is 9.93. The van der Waals surface area contributed by atoms with Gasteiger partial charge >= 0.3 is 0 Å². The number of carbonyl (C=O) groups excluding carboxylic acids is 1. The van der Waals surface area contributed by atoms with Crippen LogP contribution in [-0.2, 0) is 9.53 Å². The highest BCUT2D eigenvalue weighted by atomic mass is 16.5. The molecule has 0 radical (unpaired) electrons. The van der Waals surface area contributed by atoms with Crippen LogP contribution in [0.5, 0.6) is 0 Å². The summed E-state index contributed by atoms with van der Waals surface area (Å²) in [5, 5.41) is 0. The minimum Gasteiger partial charge on any atom is -0.501 e. The normalized spacial score (nSPS) is 10.2. The number of carbonyl (C=O) groups is 1. The first-order chi connectivity index (χ1) is 6.43. The third-order valence-electron chi connectivity index (χ3n) is 1.51. The molecule has 0 aliphatic rings. The molecule has 0 aliphatic heterocycles. The quantitative estimate of drug-likeness (QED) is 0.391. The van der Waals surface area contributed by atoms with Crippen molar-refractivity contribution >= 4 is 12.4 Å². The van der Waals surface area contributed by atoms with Crippen LogP contribution in [0.4, 0.5) is 0 Å². The predicted molar refractivity (Wildman–Crippen MR) is 52.1 cm³/mol. The van der Waals surface area contributed by atoms with Gasteiger partial charge in [0.1, 0.15) is 6.29 Å². The van der Waals surface area contributed by atoms with Gasteiger partial charge in [0.15, 0.2) is 0 Å². The van der Waals surface area contributed by atoms with E-state index in [0.717, 1.165) is 11.8 Å². The monoisotopic (exact) mass is 176 g/mol. The van der Waals surface area contributed by atoms with Crippen LogP contribution in [0.15, 0.2) is 36.6 Å². The van der Waals surface area contributed by atoms with Gasteiger partial charge in [-0.1, -0.05) is 30.3 Å². The summed E-state index contributed by atoms with van der Waals surface area (Å²) < 4.78 is 5.07. The Hall–Kier alpha value is -1.57. The molecule has 0 N–H and O–H groups in total. The number of rotatable bonds is 5. The van der Waals surface area contributed by atoms with Gasteiger partial charge in [-0.2, -0.15) is 0 Å². The Labute approximate surface area is 77.8 Å². The molecular weight excluding hydrogens is 164 g/mol. The molecule has 0 atom stereocenters. The first-order valence-electron chi connectivity index (χ1n) is 4.20. The van der Waals surface area contributed by atoms with Gasteiger partial charge in [-0.3, -0.25) is 0 Å². The van der Waals surface area contributed by atoms with Crippen molar-refractivity contribution in [3.8, 4) is 0 Å². The van der Waals surface area contributed by atoms with Crippen LogP contribution in [0, 0.1) is 0 Å². The van der Waals surface area contributed by atoms with Crippen LogP contribution in [0.3, 0.4) is 0 Å². The van der Waals surface area contributed by atoms with Crippen LogP contribution in [0.2, 0.25) is 0 Å². The van der Waals surface area contributed by atoms with Crippen LogP contribution >= 0.6 is 0 Å². The van der Waals surface area contributed by atoms with Crippen molar-refractivity contribution in [1.29, 1.82) is 0 Å². The maximum atomic E-state index is 9.93. The zero-order valence-corrected chi connectivity index (χ0v) is 7.35. The average Bonchev–Trinajstić information content (AvgIpc) is 2.19. The van der Waals surface area contributed by atoms with E-state index in [-0.39, 0.29) is 0 Å². The van der Waals surface area contributed by atoms with Gasteiger partial charge in [0.25, 0.3) is 0 Å². The zero-order chi connectivity index (χ0) is 9.36. The molecule has 0 aromatic heterocycles. The molecular formula is C11H12O2. The van der Waals surface area contributed by atoms with Gasteiger partial charge in [-0.05, 0) is 11.6 Å². The third-order valence-corrected chi connectivity index (χ3v) is 1.51. The van der Waals surface area contributed by atoms with E-state index in [1.54, 1.807) is 6.26 Å². The Bertz CT molecular complexity index is 265. The van der Waals surface area contributed by atoms with Crippen LogP contribution < -0.4 is 0 Å². The van der Waals surface area contributed by atoms with E-state index in [1.165, 1.54) is 0 Å². The minimum atomic E-state index is 0.444. The molecule has 0 saturated heterocycles. The molecule has 0 amide bonds. The molecule has 0 bridgehead atoms. The van der Waals surface area contributed by atoms with E-state index in [0.29, 0.717) is 13.0 Å². The molecule has 0 aliphatic carbocycles. The summed E-state index contributed by atoms with van der Waals surface area (Å²) in [5.74, 6) is 0. The van der Waals surface area contributed by atoms with E-state index < -0.39 is 0 Å². The molecule has 68 valence electrons. The highest BCUT2D eigenvalue weighted by molar-refractivity contribution is 5.49. The third kappa shape index (κ3) is 4.11. The molecule has 0 spiro atoms. The standard InChI is InChI=1S/C11H12O2/c12-8-4-9-13-10-7-11-5-2-1-3-6-11/h1-3,5-8,10H,4,9H2. The van der Waals surface area contributed by atoms with Gasteiger partial charge in [0.2, 0.25) is 0 Å². The van der Waals surface area contributed by atoms with Crippen LogP contribution in [-0.4, -0.2) is 12.9 Å². The van der Waals surface area contributed by atoms with E-state index >= 15 is 0 Å². The van der Waals surface area contributed by atoms with Crippen molar-refractivity contribution in [3.05, 3.63) is 42.2 Å². The Morgan fingerprint density at radius 1 is 1.23 bits per heavy atom. The van der Waals surface area contributed by atoms with Gasteiger partial charge in [-0.15, -0.1) is 0 Å². The zero-order valence-electron chi connectivity index (χ0n) is 7.35. The fourth-order valence-corrected chi connectivity index (χ4v) is 0.875. The van der Waals surface area contributed by atoms with E-state index in [2.05, 4.69) is 0 Å². The van der Waals surface area contributed by atoms with Crippen LogP contribution in [0.1, 0.15) is 12.0 Å². The Kier molecular flexibility index (Phi) is 4.39. The molecule has 0 unspecified atom stereocenters. The Morgan fingerprint density at radius 3 is 2.69 bits per heavy atom. The summed E-state index contributed by atoms with van der Waals surface area (Å²) in [7, 11) is 0. The minimum absolute atomic E-state index is 0.444. The lowest BCUT2D eigenvalue weighted by Gasteiger charge is -1.95. The van der Waals surface area contributed by atoms with E-state index in [1.807, 2.05) is 36.4 Å². The molecule has 0 fully saturated rings. The Morgan fingerprint density at radius 2 is 2.00 bits per heavy atom. The number of benzene rings is 1. The van der Waals surface area contributed by atoms with Gasteiger partial charge in [-0.25, -0.2) is 0 Å². The second kappa shape index (κ2) is 6.00. The Balaban J connectivity index is 2.28. The molecule has 1 aromatic carbocycles. The lowest BCUT2D eigenvalue weighted by Crippen LogP contribution is -1.86. The molecule has 0 saturated carbocycles. The van der Waals surface area contributed by atoms with Crippen LogP contribution in [0.25, 0.3) is 6.08 Å². The van der Waals surface area contributed by atoms with Crippen molar-refractivity contribution < 1.29 is 9.53 Å². The largest absolute Gasteiger partial charge is 0.501 e. The van der Waals surface area contributed by atoms with Crippen molar-refractivity contribution in [2.75, 3.05) is 6.61 Å². The lowest BCUT2D eigenvalue weighted by atomic mass is 10.2. The highest BCUT2D eigenvalue weighted by Crippen LogP contribution is 2.00. The second-order valence-electron chi connectivity index (χ2n) is 2.54. The topological polar surface area (TPSA) is 26.3 Å². The summed E-state index contributed by atoms with van der Waals surface area (Å²) in [6, 6.07) is 9.86. The second-order valence-corrected chi connectivity index (χ2v) is 2.54. The number of hydrogen-bond acceptors (Lipinski definition) is 2. The van der Waals surface area contributed by atoms with E-state index in [4.69, 9.17) is 4.74 Å². The molecule has 2 nitrogen and oxygen atoms in total. The first kappa shape index (κ1) is 9.52. The maximum Gasteiger partial charge on any atom is 0.123 e. The molecule has 13 heavy (non-hydrogen) atoms. The maximum absolute atomic E-state index is 9.93. The smallest absolute Gasteiger partial charge is 0.123 e. The summed E-state index contributed by atoms with van der Waals surface area (Å²) in [5.41, 5.74) is 1.09. The predicted octanol–water partition coefficient (Wildman–Crippen LogP) is 2.26. The summed E-state index contributed by atoms with van der Waals surface area (Å²) in [6.45, 7) is 0.451. The summed E-state index contributed by atoms with van der Waals surface area (Å²) >= 11 is 0. The van der Waals surface area contributed by atoms with Gasteiger partial charge < -0.3 is 9.53 Å². The molecule has 1 rings (SSSR count). The van der Waals surface area contributed by atoms with Gasteiger partial charge in [0.05, 0.1) is 12.9 Å². The van der Waals surface area contributed by atoms with Crippen molar-refractivity contribution in [3.63, 3.8) is 0 Å². The summed E-state index contributed by atoms with van der Waals surface area (Å²) in [6.07, 6.45) is 4.76. The molecule has 0 heterocycles. The number of ether oxygens (including phenoxy) is 1. The average molecular weight is 176 g/mol. The SMILES string of the molecule is O=CCCOC=Cc1ccccc1. The van der Waals surface area contributed by atoms with E-state index in [9.17, 15) is 4.79 Å². The fraction of sp³-hybridized carbons (Fsp3) is 0.182. The molecule has 1 aromatic rings. The first-order valence-corrected chi connectivity index (χ1v) is 4.20. The van der Waals surface area contributed by atoms with Crippen molar-refractivity contribution in [2.24, 2.45) is 0 Å². The highest BCUT2D eigenvalue weighted by Gasteiger charge is 1.83. The fourth-order valence-electron chi connectivity index (χ4n) is 0.875. The molecule has 2 heteroatoms. The number of hydrogen-bond donors (Lipinski definition) is 0. The number of aldehydes is 1. The van der Waals surface area contributed by atoms with Crippen molar-refractivity contribution in [1.82, 2.24) is 0 Å². The lowest BCUT2D eigenvalue weighted by molar-refractivity contribution is -0.108. The van der Waals surface area contributed by atoms with Crippen molar-refractivity contribution in [2.45, 2.75) is 6.42 Å².